The van der Waals surface area contributed by atoms with Crippen LogP contribution in [0.3, 0.4) is 0 Å². The number of aliphatic hydroxyl groups excluding tert-OH is 1. The number of H-pyrrole nitrogens is 1. The van der Waals surface area contributed by atoms with Gasteiger partial charge in [-0.1, -0.05) is 6.92 Å². The average molecular weight is 348 g/mol. The van der Waals surface area contributed by atoms with Crippen molar-refractivity contribution in [1.82, 2.24) is 19.8 Å². The second-order valence-corrected chi connectivity index (χ2v) is 7.39. The molecule has 7 nitrogen and oxygen atoms in total. The molecule has 2 saturated heterocycles. The maximum Gasteiger partial charge on any atom is 0.251 e. The zero-order chi connectivity index (χ0) is 17.9. The molecule has 3 rings (SSSR count). The third kappa shape index (κ3) is 4.03. The summed E-state index contributed by atoms with van der Waals surface area (Å²) in [4.78, 5) is 35.3. The lowest BCUT2D eigenvalue weighted by molar-refractivity contribution is -0.146. The first-order chi connectivity index (χ1) is 12.0. The normalized spacial score (nSPS) is 21.6. The minimum atomic E-state index is -0.882. The van der Waals surface area contributed by atoms with E-state index in [0.717, 1.165) is 37.9 Å². The van der Waals surface area contributed by atoms with Crippen molar-refractivity contribution < 1.29 is 14.7 Å². The number of aromatic amines is 1. The summed E-state index contributed by atoms with van der Waals surface area (Å²) >= 11 is 0. The molecule has 2 fully saturated rings. The van der Waals surface area contributed by atoms with Crippen LogP contribution in [0.15, 0.2) is 12.5 Å². The lowest BCUT2D eigenvalue weighted by atomic mass is 9.72. The number of nitrogens with one attached hydrogen (secondary N) is 1. The van der Waals surface area contributed by atoms with Crippen molar-refractivity contribution >= 4 is 11.8 Å². The molecule has 2 amide bonds. The molecule has 7 heteroatoms. The Hall–Kier alpha value is -1.89. The van der Waals surface area contributed by atoms with E-state index in [2.05, 4.69) is 9.97 Å². The van der Waals surface area contributed by atoms with Gasteiger partial charge in [0.2, 0.25) is 5.91 Å². The molecule has 1 aromatic heterocycles. The maximum absolute atomic E-state index is 12.3. The summed E-state index contributed by atoms with van der Waals surface area (Å²) in [6, 6.07) is 0. The molecule has 25 heavy (non-hydrogen) atoms. The number of hydrogen-bond donors (Lipinski definition) is 2. The number of imidazole rings is 1. The SMILES string of the molecule is CC[C@@H](O)C(=O)N1CCC2(CCC(=O)N(CCc3cnc[nH]3)C2)CC1. The Morgan fingerprint density at radius 3 is 2.80 bits per heavy atom. The molecule has 0 bridgehead atoms. The minimum Gasteiger partial charge on any atom is -0.383 e. The van der Waals surface area contributed by atoms with Crippen LogP contribution in [0.25, 0.3) is 0 Å². The van der Waals surface area contributed by atoms with Crippen molar-refractivity contribution in [3.05, 3.63) is 18.2 Å². The number of hydrogen-bond acceptors (Lipinski definition) is 4. The summed E-state index contributed by atoms with van der Waals surface area (Å²) in [6.07, 6.45) is 7.13. The number of carbonyl (C=O) groups is 2. The highest BCUT2D eigenvalue weighted by Crippen LogP contribution is 2.40. The quantitative estimate of drug-likeness (QED) is 0.829. The third-order valence-electron chi connectivity index (χ3n) is 5.76. The Kier molecular flexibility index (Phi) is 5.42. The first-order valence-corrected chi connectivity index (χ1v) is 9.25. The largest absolute Gasteiger partial charge is 0.383 e. The van der Waals surface area contributed by atoms with Gasteiger partial charge in [0.15, 0.2) is 0 Å². The van der Waals surface area contributed by atoms with Gasteiger partial charge in [0.05, 0.1) is 6.33 Å². The van der Waals surface area contributed by atoms with Crippen LogP contribution in [0.1, 0.15) is 44.7 Å². The van der Waals surface area contributed by atoms with Crippen LogP contribution >= 0.6 is 0 Å². The lowest BCUT2D eigenvalue weighted by Gasteiger charge is -2.47. The lowest BCUT2D eigenvalue weighted by Crippen LogP contribution is -2.53. The van der Waals surface area contributed by atoms with Crippen LogP contribution in [0.4, 0.5) is 0 Å². The van der Waals surface area contributed by atoms with E-state index in [1.54, 1.807) is 17.4 Å². The van der Waals surface area contributed by atoms with Gasteiger partial charge in [-0.05, 0) is 31.1 Å². The van der Waals surface area contributed by atoms with Gasteiger partial charge in [0.1, 0.15) is 6.10 Å². The molecule has 0 aromatic carbocycles. The van der Waals surface area contributed by atoms with Gasteiger partial charge in [-0.2, -0.15) is 0 Å². The van der Waals surface area contributed by atoms with E-state index in [9.17, 15) is 14.7 Å². The summed E-state index contributed by atoms with van der Waals surface area (Å²) in [5.74, 6) is 0.0744. The van der Waals surface area contributed by atoms with Gasteiger partial charge in [-0.15, -0.1) is 0 Å². The number of amides is 2. The molecule has 0 aliphatic carbocycles. The van der Waals surface area contributed by atoms with Gasteiger partial charge < -0.3 is 19.9 Å². The molecule has 3 heterocycles. The summed E-state index contributed by atoms with van der Waals surface area (Å²) < 4.78 is 0. The standard InChI is InChI=1S/C18H28N4O3/c1-2-15(23)17(25)21-9-6-18(7-10-21)5-3-16(24)22(12-18)8-4-14-11-19-13-20-14/h11,13,15,23H,2-10,12H2,1H3,(H,19,20)/t15-/m1/s1. The van der Waals surface area contributed by atoms with Crippen molar-refractivity contribution in [3.63, 3.8) is 0 Å². The topological polar surface area (TPSA) is 89.5 Å². The van der Waals surface area contributed by atoms with Crippen LogP contribution in [0, 0.1) is 5.41 Å². The molecule has 0 unspecified atom stereocenters. The molecule has 2 N–H and O–H groups in total. The van der Waals surface area contributed by atoms with E-state index in [4.69, 9.17) is 0 Å². The fourth-order valence-corrected chi connectivity index (χ4v) is 3.98. The number of nitrogens with zero attached hydrogens (tertiary/aromatic N) is 3. The zero-order valence-electron chi connectivity index (χ0n) is 14.9. The smallest absolute Gasteiger partial charge is 0.251 e. The fraction of sp³-hybridized carbons (Fsp3) is 0.722. The molecule has 0 saturated carbocycles. The van der Waals surface area contributed by atoms with E-state index in [-0.39, 0.29) is 17.2 Å². The maximum atomic E-state index is 12.3. The van der Waals surface area contributed by atoms with Crippen molar-refractivity contribution in [1.29, 1.82) is 0 Å². The Morgan fingerprint density at radius 1 is 1.40 bits per heavy atom. The molecule has 0 radical (unpaired) electrons. The molecule has 1 aromatic rings. The van der Waals surface area contributed by atoms with Gasteiger partial charge in [0, 0.05) is 50.9 Å². The van der Waals surface area contributed by atoms with Crippen LogP contribution in [-0.4, -0.2) is 69.0 Å². The predicted molar refractivity (Wildman–Crippen MR) is 92.7 cm³/mol. The summed E-state index contributed by atoms with van der Waals surface area (Å²) in [7, 11) is 0. The molecule has 138 valence electrons. The Morgan fingerprint density at radius 2 is 2.16 bits per heavy atom. The molecule has 1 spiro atoms. The number of rotatable bonds is 5. The van der Waals surface area contributed by atoms with Crippen LogP contribution in [0.5, 0.6) is 0 Å². The molecular weight excluding hydrogens is 320 g/mol. The Balaban J connectivity index is 1.56. The summed E-state index contributed by atoms with van der Waals surface area (Å²) in [5.41, 5.74) is 1.16. The Labute approximate surface area is 148 Å². The number of aromatic nitrogens is 2. The number of piperidine rings is 2. The second-order valence-electron chi connectivity index (χ2n) is 7.39. The van der Waals surface area contributed by atoms with E-state index >= 15 is 0 Å². The summed E-state index contributed by atoms with van der Waals surface area (Å²) in [6.45, 7) is 4.66. The van der Waals surface area contributed by atoms with E-state index < -0.39 is 6.10 Å². The molecular formula is C18H28N4O3. The van der Waals surface area contributed by atoms with E-state index in [1.807, 2.05) is 11.8 Å². The second kappa shape index (κ2) is 7.56. The molecule has 1 atom stereocenters. The van der Waals surface area contributed by atoms with Gasteiger partial charge in [-0.3, -0.25) is 9.59 Å². The number of carbonyl (C=O) groups excluding carboxylic acids is 2. The van der Waals surface area contributed by atoms with Gasteiger partial charge in [-0.25, -0.2) is 4.98 Å². The monoisotopic (exact) mass is 348 g/mol. The highest BCUT2D eigenvalue weighted by atomic mass is 16.3. The highest BCUT2D eigenvalue weighted by molar-refractivity contribution is 5.80. The van der Waals surface area contributed by atoms with Crippen molar-refractivity contribution in [3.8, 4) is 0 Å². The van der Waals surface area contributed by atoms with Gasteiger partial charge >= 0.3 is 0 Å². The first kappa shape index (κ1) is 17.9. The fourth-order valence-electron chi connectivity index (χ4n) is 3.98. The minimum absolute atomic E-state index is 0.121. The van der Waals surface area contributed by atoms with Crippen molar-refractivity contribution in [2.24, 2.45) is 5.41 Å². The van der Waals surface area contributed by atoms with Crippen LogP contribution in [-0.2, 0) is 16.0 Å². The zero-order valence-corrected chi connectivity index (χ0v) is 14.9. The third-order valence-corrected chi connectivity index (χ3v) is 5.76. The number of likely N-dealkylation sites (tertiary alicyclic amines) is 2. The van der Waals surface area contributed by atoms with E-state index in [0.29, 0.717) is 32.5 Å². The van der Waals surface area contributed by atoms with Crippen LogP contribution < -0.4 is 0 Å². The highest BCUT2D eigenvalue weighted by Gasteiger charge is 2.42. The van der Waals surface area contributed by atoms with E-state index in [1.165, 1.54) is 0 Å². The molecule has 2 aliphatic rings. The first-order valence-electron chi connectivity index (χ1n) is 9.25. The number of aliphatic hydroxyl groups is 1. The molecule has 2 aliphatic heterocycles. The average Bonchev–Trinajstić information content (AvgIpc) is 3.15. The van der Waals surface area contributed by atoms with Gasteiger partial charge in [0.25, 0.3) is 5.91 Å². The van der Waals surface area contributed by atoms with Crippen LogP contribution in [0.2, 0.25) is 0 Å². The van der Waals surface area contributed by atoms with Crippen molar-refractivity contribution in [2.75, 3.05) is 26.2 Å². The summed E-state index contributed by atoms with van der Waals surface area (Å²) in [5, 5.41) is 9.77. The van der Waals surface area contributed by atoms with Crippen molar-refractivity contribution in [2.45, 2.75) is 51.6 Å². The predicted octanol–water partition coefficient (Wildman–Crippen LogP) is 0.954. The Bertz CT molecular complexity index is 593.